The van der Waals surface area contributed by atoms with Gasteiger partial charge in [-0.2, -0.15) is 0 Å². The zero-order valence-electron chi connectivity index (χ0n) is 15.4. The lowest BCUT2D eigenvalue weighted by Crippen LogP contribution is -2.31. The summed E-state index contributed by atoms with van der Waals surface area (Å²) in [5, 5.41) is 0. The third-order valence-electron chi connectivity index (χ3n) is 5.09. The van der Waals surface area contributed by atoms with E-state index in [4.69, 9.17) is 14.2 Å². The van der Waals surface area contributed by atoms with Gasteiger partial charge in [0.05, 0.1) is 12.0 Å². The molecule has 1 aliphatic heterocycles. The van der Waals surface area contributed by atoms with E-state index in [9.17, 15) is 8.42 Å². The molecule has 6 nitrogen and oxygen atoms in total. The molecule has 1 N–H and O–H groups in total. The van der Waals surface area contributed by atoms with Crippen molar-refractivity contribution in [1.82, 2.24) is 4.72 Å². The molecule has 1 heterocycles. The summed E-state index contributed by atoms with van der Waals surface area (Å²) >= 11 is 0. The number of ether oxygens (including phenoxy) is 3. The van der Waals surface area contributed by atoms with Crippen LogP contribution in [0.25, 0.3) is 0 Å². The number of nitrogens with one attached hydrogen (secondary N) is 1. The Kier molecular flexibility index (Phi) is 4.74. The molecule has 2 aromatic rings. The first-order valence-corrected chi connectivity index (χ1v) is 10.6. The van der Waals surface area contributed by atoms with E-state index in [0.29, 0.717) is 24.7 Å². The van der Waals surface area contributed by atoms with Crippen molar-refractivity contribution in [2.75, 3.05) is 20.3 Å². The topological polar surface area (TPSA) is 73.9 Å². The predicted molar refractivity (Wildman–Crippen MR) is 101 cm³/mol. The lowest BCUT2D eigenvalue weighted by Gasteiger charge is -2.29. The highest BCUT2D eigenvalue weighted by Crippen LogP contribution is 2.40. The minimum absolute atomic E-state index is 0.241. The first-order valence-electron chi connectivity index (χ1n) is 9.07. The van der Waals surface area contributed by atoms with Crippen LogP contribution in [0.3, 0.4) is 0 Å². The highest BCUT2D eigenvalue weighted by atomic mass is 32.2. The van der Waals surface area contributed by atoms with E-state index in [1.54, 1.807) is 25.3 Å². The lowest BCUT2D eigenvalue weighted by molar-refractivity contribution is 0.171. The van der Waals surface area contributed by atoms with Crippen molar-refractivity contribution in [3.63, 3.8) is 0 Å². The van der Waals surface area contributed by atoms with Gasteiger partial charge in [0.1, 0.15) is 19.0 Å². The van der Waals surface area contributed by atoms with Crippen molar-refractivity contribution in [3.05, 3.63) is 47.0 Å². The molecule has 2 aromatic carbocycles. The maximum atomic E-state index is 12.9. The molecule has 4 rings (SSSR count). The molecule has 2 aliphatic rings. The quantitative estimate of drug-likeness (QED) is 0.870. The molecule has 0 saturated carbocycles. The summed E-state index contributed by atoms with van der Waals surface area (Å²) in [6, 6.07) is 8.52. The van der Waals surface area contributed by atoms with E-state index in [1.807, 2.05) is 19.1 Å². The Morgan fingerprint density at radius 1 is 1.11 bits per heavy atom. The first kappa shape index (κ1) is 18.1. The van der Waals surface area contributed by atoms with Gasteiger partial charge >= 0.3 is 0 Å². The fourth-order valence-electron chi connectivity index (χ4n) is 3.74. The Hall–Kier alpha value is -2.25. The van der Waals surface area contributed by atoms with E-state index in [2.05, 4.69) is 4.72 Å². The second-order valence-electron chi connectivity index (χ2n) is 6.89. The van der Waals surface area contributed by atoms with Crippen molar-refractivity contribution >= 4 is 10.0 Å². The second kappa shape index (κ2) is 7.05. The molecule has 0 aromatic heterocycles. The average molecular weight is 389 g/mol. The van der Waals surface area contributed by atoms with Crippen LogP contribution in [0, 0.1) is 6.92 Å². The van der Waals surface area contributed by atoms with Crippen LogP contribution in [0.15, 0.2) is 35.2 Å². The van der Waals surface area contributed by atoms with Gasteiger partial charge in [-0.15, -0.1) is 0 Å². The van der Waals surface area contributed by atoms with Gasteiger partial charge in [-0.3, -0.25) is 0 Å². The summed E-state index contributed by atoms with van der Waals surface area (Å²) < 4.78 is 45.3. The van der Waals surface area contributed by atoms with Crippen LogP contribution < -0.4 is 18.9 Å². The molecule has 0 saturated heterocycles. The number of hydrogen-bond acceptors (Lipinski definition) is 5. The largest absolute Gasteiger partial charge is 0.496 e. The minimum atomic E-state index is -3.65. The number of methoxy groups -OCH3 is 1. The second-order valence-corrected chi connectivity index (χ2v) is 8.61. The third-order valence-corrected chi connectivity index (χ3v) is 6.56. The Bertz CT molecular complexity index is 971. The van der Waals surface area contributed by atoms with E-state index in [0.717, 1.165) is 41.7 Å². The molecular weight excluding hydrogens is 366 g/mol. The van der Waals surface area contributed by atoms with E-state index in [-0.39, 0.29) is 10.9 Å². The summed E-state index contributed by atoms with van der Waals surface area (Å²) in [7, 11) is -2.08. The minimum Gasteiger partial charge on any atom is -0.496 e. The molecule has 0 radical (unpaired) electrons. The van der Waals surface area contributed by atoms with Gasteiger partial charge < -0.3 is 14.2 Å². The van der Waals surface area contributed by atoms with Gasteiger partial charge in [0.15, 0.2) is 11.5 Å². The van der Waals surface area contributed by atoms with Crippen molar-refractivity contribution in [2.45, 2.75) is 37.1 Å². The molecule has 27 heavy (non-hydrogen) atoms. The fourth-order valence-corrected chi connectivity index (χ4v) is 5.07. The normalized spacial score (nSPS) is 18.7. The van der Waals surface area contributed by atoms with E-state index >= 15 is 0 Å². The Morgan fingerprint density at radius 2 is 1.85 bits per heavy atom. The van der Waals surface area contributed by atoms with Gasteiger partial charge in [0.2, 0.25) is 10.0 Å². The molecule has 1 atom stereocenters. The average Bonchev–Trinajstić information content (AvgIpc) is 2.66. The summed E-state index contributed by atoms with van der Waals surface area (Å²) in [6.07, 6.45) is 2.58. The number of aryl methyl sites for hydroxylation is 2. The van der Waals surface area contributed by atoms with Crippen LogP contribution in [0.2, 0.25) is 0 Å². The van der Waals surface area contributed by atoms with Crippen LogP contribution in [0.5, 0.6) is 17.2 Å². The zero-order chi connectivity index (χ0) is 19.0. The monoisotopic (exact) mass is 389 g/mol. The molecule has 0 amide bonds. The van der Waals surface area contributed by atoms with Crippen molar-refractivity contribution in [2.24, 2.45) is 0 Å². The highest BCUT2D eigenvalue weighted by Gasteiger charge is 2.28. The molecule has 7 heteroatoms. The summed E-state index contributed by atoms with van der Waals surface area (Å²) in [4.78, 5) is 0.241. The van der Waals surface area contributed by atoms with Crippen molar-refractivity contribution in [3.8, 4) is 17.2 Å². The van der Waals surface area contributed by atoms with Crippen LogP contribution in [0.1, 0.15) is 35.6 Å². The molecule has 0 bridgehead atoms. The zero-order valence-corrected chi connectivity index (χ0v) is 16.3. The van der Waals surface area contributed by atoms with Crippen LogP contribution in [-0.2, 0) is 16.4 Å². The van der Waals surface area contributed by atoms with Gasteiger partial charge in [-0.25, -0.2) is 13.1 Å². The number of fused-ring (bicyclic) bond motifs is 2. The van der Waals surface area contributed by atoms with Crippen LogP contribution in [-0.4, -0.2) is 28.7 Å². The fraction of sp³-hybridized carbons (Fsp3) is 0.400. The van der Waals surface area contributed by atoms with Gasteiger partial charge in [0, 0.05) is 6.04 Å². The number of hydrogen-bond donors (Lipinski definition) is 1. The van der Waals surface area contributed by atoms with Gasteiger partial charge in [-0.05, 0) is 73.2 Å². The summed E-state index contributed by atoms with van der Waals surface area (Å²) in [6.45, 7) is 2.88. The lowest BCUT2D eigenvalue weighted by atomic mass is 9.88. The summed E-state index contributed by atoms with van der Waals surface area (Å²) in [5.74, 6) is 2.10. The predicted octanol–water partition coefficient (Wildman–Crippen LogP) is 3.13. The highest BCUT2D eigenvalue weighted by molar-refractivity contribution is 7.89. The first-order chi connectivity index (χ1) is 13.0. The number of sulfonamides is 1. The third kappa shape index (κ3) is 3.49. The SMILES string of the molecule is COc1ccc(S(=O)(=O)NC2CCCc3cc4c(cc32)OCCO4)cc1C. The smallest absolute Gasteiger partial charge is 0.241 e. The van der Waals surface area contributed by atoms with Crippen molar-refractivity contribution in [1.29, 1.82) is 0 Å². The van der Waals surface area contributed by atoms with Gasteiger partial charge in [0.25, 0.3) is 0 Å². The Morgan fingerprint density at radius 3 is 2.56 bits per heavy atom. The Labute approximate surface area is 159 Å². The van der Waals surface area contributed by atoms with E-state index < -0.39 is 10.0 Å². The van der Waals surface area contributed by atoms with Crippen LogP contribution >= 0.6 is 0 Å². The Balaban J connectivity index is 1.64. The maximum Gasteiger partial charge on any atom is 0.241 e. The molecule has 1 unspecified atom stereocenters. The maximum absolute atomic E-state index is 12.9. The number of rotatable bonds is 4. The summed E-state index contributed by atoms with van der Waals surface area (Å²) in [5.41, 5.74) is 2.87. The van der Waals surface area contributed by atoms with Gasteiger partial charge in [-0.1, -0.05) is 0 Å². The number of benzene rings is 2. The standard InChI is InChI=1S/C20H23NO5S/c1-13-10-15(6-7-18(13)24-2)27(22,23)21-17-5-3-4-14-11-19-20(12-16(14)17)26-9-8-25-19/h6-7,10-12,17,21H,3-5,8-9H2,1-2H3. The molecule has 0 fully saturated rings. The molecular formula is C20H23NO5S. The molecule has 1 aliphatic carbocycles. The molecule has 144 valence electrons. The van der Waals surface area contributed by atoms with Crippen LogP contribution in [0.4, 0.5) is 0 Å². The van der Waals surface area contributed by atoms with Crippen molar-refractivity contribution < 1.29 is 22.6 Å². The molecule has 0 spiro atoms. The van der Waals surface area contributed by atoms with E-state index in [1.165, 1.54) is 0 Å².